The number of hydrogen-bond donors (Lipinski definition) is 1. The van der Waals surface area contributed by atoms with Gasteiger partial charge in [-0.1, -0.05) is 0 Å². The molecule has 0 atom stereocenters. The number of aromatic nitrogens is 1. The van der Waals surface area contributed by atoms with E-state index in [9.17, 15) is 4.79 Å². The Bertz CT molecular complexity index is 675. The molecule has 0 aliphatic rings. The molecule has 0 bridgehead atoms. The van der Waals surface area contributed by atoms with E-state index in [4.69, 9.17) is 15.2 Å². The first kappa shape index (κ1) is 16.1. The molecule has 22 heavy (non-hydrogen) atoms. The predicted molar refractivity (Wildman–Crippen MR) is 88.2 cm³/mol. The smallest absolute Gasteiger partial charge is 0.274 e. The molecule has 0 saturated heterocycles. The van der Waals surface area contributed by atoms with Crippen molar-refractivity contribution < 1.29 is 9.47 Å². The van der Waals surface area contributed by atoms with Gasteiger partial charge in [-0.15, -0.1) is 0 Å². The SMILES string of the molecule is COCCn1c(-c2ccc(OC(C)C)cc2)ccc(N)c1=O. The van der Waals surface area contributed by atoms with Crippen LogP contribution in [0.25, 0.3) is 11.3 Å². The number of nitrogens with two attached hydrogens (primary N) is 1. The number of nitrogens with zero attached hydrogens (tertiary/aromatic N) is 1. The summed E-state index contributed by atoms with van der Waals surface area (Å²) in [6.07, 6.45) is 0.127. The molecule has 0 saturated carbocycles. The zero-order valence-corrected chi connectivity index (χ0v) is 13.2. The van der Waals surface area contributed by atoms with Crippen LogP contribution in [0.15, 0.2) is 41.2 Å². The lowest BCUT2D eigenvalue weighted by molar-refractivity contribution is 0.186. The predicted octanol–water partition coefficient (Wildman–Crippen LogP) is 2.53. The van der Waals surface area contributed by atoms with Gasteiger partial charge < -0.3 is 19.8 Å². The standard InChI is InChI=1S/C17H22N2O3/c1-12(2)22-14-6-4-13(5-7-14)16-9-8-15(18)17(20)19(16)10-11-21-3/h4-9,12H,10-11,18H2,1-3H3. The largest absolute Gasteiger partial charge is 0.491 e. The molecule has 2 aromatic rings. The summed E-state index contributed by atoms with van der Waals surface area (Å²) >= 11 is 0. The summed E-state index contributed by atoms with van der Waals surface area (Å²) in [6, 6.07) is 11.2. The first-order valence-electron chi connectivity index (χ1n) is 7.28. The fourth-order valence-corrected chi connectivity index (χ4v) is 2.23. The minimum absolute atomic E-state index is 0.127. The first-order valence-corrected chi connectivity index (χ1v) is 7.28. The van der Waals surface area contributed by atoms with Crippen LogP contribution >= 0.6 is 0 Å². The van der Waals surface area contributed by atoms with Crippen LogP contribution in [0.3, 0.4) is 0 Å². The lowest BCUT2D eigenvalue weighted by Gasteiger charge is -2.14. The second-order valence-electron chi connectivity index (χ2n) is 5.31. The number of hydrogen-bond acceptors (Lipinski definition) is 4. The molecule has 0 unspecified atom stereocenters. The number of rotatable bonds is 6. The van der Waals surface area contributed by atoms with Crippen molar-refractivity contribution in [1.82, 2.24) is 4.57 Å². The van der Waals surface area contributed by atoms with E-state index in [2.05, 4.69) is 0 Å². The van der Waals surface area contributed by atoms with E-state index in [1.54, 1.807) is 17.7 Å². The number of anilines is 1. The van der Waals surface area contributed by atoms with E-state index < -0.39 is 0 Å². The maximum absolute atomic E-state index is 12.2. The maximum atomic E-state index is 12.2. The third kappa shape index (κ3) is 3.68. The second-order valence-corrected chi connectivity index (χ2v) is 5.31. The van der Waals surface area contributed by atoms with Gasteiger partial charge >= 0.3 is 0 Å². The van der Waals surface area contributed by atoms with Crippen LogP contribution in [0.5, 0.6) is 5.75 Å². The summed E-state index contributed by atoms with van der Waals surface area (Å²) < 4.78 is 12.3. The van der Waals surface area contributed by atoms with Gasteiger partial charge in [0.1, 0.15) is 5.75 Å². The highest BCUT2D eigenvalue weighted by Crippen LogP contribution is 2.22. The average molecular weight is 302 g/mol. The summed E-state index contributed by atoms with van der Waals surface area (Å²) in [5.74, 6) is 0.806. The van der Waals surface area contributed by atoms with E-state index in [0.717, 1.165) is 17.0 Å². The molecule has 1 aromatic heterocycles. The Balaban J connectivity index is 2.39. The minimum atomic E-state index is -0.197. The van der Waals surface area contributed by atoms with Crippen molar-refractivity contribution in [3.63, 3.8) is 0 Å². The van der Waals surface area contributed by atoms with Crippen molar-refractivity contribution in [2.75, 3.05) is 19.5 Å². The molecule has 0 aliphatic carbocycles. The molecule has 5 heteroatoms. The van der Waals surface area contributed by atoms with E-state index >= 15 is 0 Å². The quantitative estimate of drug-likeness (QED) is 0.890. The summed E-state index contributed by atoms with van der Waals surface area (Å²) in [5, 5.41) is 0. The van der Waals surface area contributed by atoms with E-state index in [-0.39, 0.29) is 17.4 Å². The number of methoxy groups -OCH3 is 1. The zero-order chi connectivity index (χ0) is 16.1. The molecule has 0 aliphatic heterocycles. The third-order valence-corrected chi connectivity index (χ3v) is 3.24. The number of pyridine rings is 1. The molecule has 5 nitrogen and oxygen atoms in total. The van der Waals surface area contributed by atoms with Gasteiger partial charge in [-0.3, -0.25) is 4.79 Å². The number of ether oxygens (including phenoxy) is 2. The molecular formula is C17H22N2O3. The molecule has 118 valence electrons. The highest BCUT2D eigenvalue weighted by atomic mass is 16.5. The summed E-state index contributed by atoms with van der Waals surface area (Å²) in [6.45, 7) is 4.87. The van der Waals surface area contributed by atoms with Crippen LogP contribution in [0, 0.1) is 0 Å². The van der Waals surface area contributed by atoms with E-state index in [1.807, 2.05) is 44.2 Å². The van der Waals surface area contributed by atoms with Crippen LogP contribution < -0.4 is 16.0 Å². The van der Waals surface area contributed by atoms with Crippen LogP contribution in [-0.2, 0) is 11.3 Å². The van der Waals surface area contributed by atoms with E-state index in [1.165, 1.54) is 0 Å². The molecule has 0 radical (unpaired) electrons. The van der Waals surface area contributed by atoms with Gasteiger partial charge in [0.15, 0.2) is 0 Å². The Kier molecular flexibility index (Phi) is 5.22. The van der Waals surface area contributed by atoms with Gasteiger partial charge in [0.2, 0.25) is 0 Å². The molecule has 1 heterocycles. The highest BCUT2D eigenvalue weighted by Gasteiger charge is 2.09. The topological polar surface area (TPSA) is 66.5 Å². The average Bonchev–Trinajstić information content (AvgIpc) is 2.49. The van der Waals surface area contributed by atoms with Gasteiger partial charge in [0.05, 0.1) is 24.1 Å². The van der Waals surface area contributed by atoms with Crippen molar-refractivity contribution in [3.8, 4) is 17.0 Å². The Labute approximate surface area is 130 Å². The number of benzene rings is 1. The van der Waals surface area contributed by atoms with Gasteiger partial charge in [-0.25, -0.2) is 0 Å². The number of nitrogen functional groups attached to an aromatic ring is 1. The van der Waals surface area contributed by atoms with Crippen molar-refractivity contribution in [2.24, 2.45) is 0 Å². The molecule has 2 rings (SSSR count). The van der Waals surface area contributed by atoms with Crippen molar-refractivity contribution >= 4 is 5.69 Å². The van der Waals surface area contributed by atoms with Crippen molar-refractivity contribution in [1.29, 1.82) is 0 Å². The Morgan fingerprint density at radius 2 is 1.82 bits per heavy atom. The monoisotopic (exact) mass is 302 g/mol. The minimum Gasteiger partial charge on any atom is -0.491 e. The Morgan fingerprint density at radius 1 is 1.14 bits per heavy atom. The molecule has 0 fully saturated rings. The van der Waals surface area contributed by atoms with Gasteiger partial charge in [-0.05, 0) is 55.8 Å². The van der Waals surface area contributed by atoms with Crippen LogP contribution in [-0.4, -0.2) is 24.4 Å². The van der Waals surface area contributed by atoms with Crippen LogP contribution in [0.2, 0.25) is 0 Å². The van der Waals surface area contributed by atoms with Gasteiger partial charge in [0.25, 0.3) is 5.56 Å². The summed E-state index contributed by atoms with van der Waals surface area (Å²) in [4.78, 5) is 12.2. The second kappa shape index (κ2) is 7.13. The molecule has 0 spiro atoms. The Morgan fingerprint density at radius 3 is 2.41 bits per heavy atom. The summed E-state index contributed by atoms with van der Waals surface area (Å²) in [7, 11) is 1.61. The van der Waals surface area contributed by atoms with Crippen LogP contribution in [0.4, 0.5) is 5.69 Å². The Hall–Kier alpha value is -2.27. The summed E-state index contributed by atoms with van der Waals surface area (Å²) in [5.41, 5.74) is 7.51. The lowest BCUT2D eigenvalue weighted by Crippen LogP contribution is -2.25. The molecule has 1 aromatic carbocycles. The zero-order valence-electron chi connectivity index (χ0n) is 13.2. The molecular weight excluding hydrogens is 280 g/mol. The first-order chi connectivity index (χ1) is 10.5. The molecule has 0 amide bonds. The van der Waals surface area contributed by atoms with Crippen molar-refractivity contribution in [3.05, 3.63) is 46.8 Å². The normalized spacial score (nSPS) is 10.9. The maximum Gasteiger partial charge on any atom is 0.274 e. The fourth-order valence-electron chi connectivity index (χ4n) is 2.23. The fraction of sp³-hybridized carbons (Fsp3) is 0.353. The lowest BCUT2D eigenvalue weighted by atomic mass is 10.1. The van der Waals surface area contributed by atoms with E-state index in [0.29, 0.717) is 13.2 Å². The van der Waals surface area contributed by atoms with Gasteiger partial charge in [0, 0.05) is 13.7 Å². The van der Waals surface area contributed by atoms with Gasteiger partial charge in [-0.2, -0.15) is 0 Å². The van der Waals surface area contributed by atoms with Crippen LogP contribution in [0.1, 0.15) is 13.8 Å². The van der Waals surface area contributed by atoms with Crippen molar-refractivity contribution in [2.45, 2.75) is 26.5 Å². The highest BCUT2D eigenvalue weighted by molar-refractivity contribution is 5.62. The molecule has 2 N–H and O–H groups in total. The third-order valence-electron chi connectivity index (χ3n) is 3.24.